The van der Waals surface area contributed by atoms with Gasteiger partial charge in [-0.15, -0.1) is 0 Å². The van der Waals surface area contributed by atoms with Crippen LogP contribution in [0.5, 0.6) is 0 Å². The van der Waals surface area contributed by atoms with E-state index in [0.717, 1.165) is 12.0 Å². The van der Waals surface area contributed by atoms with Gasteiger partial charge in [-0.25, -0.2) is 0 Å². The van der Waals surface area contributed by atoms with E-state index in [9.17, 15) is 0 Å². The van der Waals surface area contributed by atoms with Crippen LogP contribution in [0.25, 0.3) is 0 Å². The van der Waals surface area contributed by atoms with Crippen LogP contribution >= 0.6 is 0 Å². The molecule has 2 heteroatoms. The van der Waals surface area contributed by atoms with Crippen molar-refractivity contribution in [2.45, 2.75) is 12.5 Å². The lowest BCUT2D eigenvalue weighted by Gasteiger charge is -2.45. The second kappa shape index (κ2) is 1.96. The molecular weight excluding hydrogens is 112 g/mol. The standard InChI is InChI=1S/C7H14N2/c1-9-3-2-7-6(5-9)4-8-7/h6-8H,2-5H2,1H3. The number of piperidine rings is 1. The first kappa shape index (κ1) is 5.69. The summed E-state index contributed by atoms with van der Waals surface area (Å²) in [6.07, 6.45) is 1.36. The van der Waals surface area contributed by atoms with Gasteiger partial charge >= 0.3 is 0 Å². The van der Waals surface area contributed by atoms with Gasteiger partial charge in [0.1, 0.15) is 0 Å². The number of hydrogen-bond donors (Lipinski definition) is 1. The SMILES string of the molecule is CN1CCC2NCC2C1. The first-order valence-electron chi connectivity index (χ1n) is 3.78. The summed E-state index contributed by atoms with van der Waals surface area (Å²) < 4.78 is 0. The zero-order valence-corrected chi connectivity index (χ0v) is 5.93. The fourth-order valence-electron chi connectivity index (χ4n) is 1.83. The van der Waals surface area contributed by atoms with Gasteiger partial charge in [-0.3, -0.25) is 0 Å². The Bertz CT molecular complexity index is 113. The minimum Gasteiger partial charge on any atom is -0.313 e. The van der Waals surface area contributed by atoms with Crippen molar-refractivity contribution in [3.8, 4) is 0 Å². The molecule has 52 valence electrons. The van der Waals surface area contributed by atoms with E-state index < -0.39 is 0 Å². The molecule has 0 bridgehead atoms. The fraction of sp³-hybridized carbons (Fsp3) is 1.00. The summed E-state index contributed by atoms with van der Waals surface area (Å²) in [5.74, 6) is 0.976. The fourth-order valence-corrected chi connectivity index (χ4v) is 1.83. The van der Waals surface area contributed by atoms with E-state index in [4.69, 9.17) is 0 Å². The molecule has 0 aromatic rings. The summed E-state index contributed by atoms with van der Waals surface area (Å²) in [4.78, 5) is 2.43. The quantitative estimate of drug-likeness (QED) is 0.488. The molecule has 2 atom stereocenters. The van der Waals surface area contributed by atoms with Gasteiger partial charge in [0.25, 0.3) is 0 Å². The van der Waals surface area contributed by atoms with E-state index >= 15 is 0 Å². The maximum absolute atomic E-state index is 3.44. The van der Waals surface area contributed by atoms with Gasteiger partial charge in [0, 0.05) is 19.1 Å². The molecule has 2 aliphatic heterocycles. The first-order chi connectivity index (χ1) is 4.36. The van der Waals surface area contributed by atoms with E-state index in [0.29, 0.717) is 0 Å². The van der Waals surface area contributed by atoms with Crippen molar-refractivity contribution in [2.75, 3.05) is 26.7 Å². The molecule has 0 radical (unpaired) electrons. The van der Waals surface area contributed by atoms with Crippen molar-refractivity contribution >= 4 is 0 Å². The summed E-state index contributed by atoms with van der Waals surface area (Å²) in [6, 6.07) is 0.876. The Labute approximate surface area is 56.2 Å². The molecule has 0 aromatic carbocycles. The smallest absolute Gasteiger partial charge is 0.0132 e. The van der Waals surface area contributed by atoms with Crippen LogP contribution in [0.1, 0.15) is 6.42 Å². The number of hydrogen-bond acceptors (Lipinski definition) is 2. The maximum atomic E-state index is 3.44. The molecule has 0 saturated carbocycles. The number of likely N-dealkylation sites (tertiary alicyclic amines) is 1. The van der Waals surface area contributed by atoms with Crippen molar-refractivity contribution in [3.05, 3.63) is 0 Å². The van der Waals surface area contributed by atoms with Gasteiger partial charge in [0.05, 0.1) is 0 Å². The molecule has 2 saturated heterocycles. The highest BCUT2D eigenvalue weighted by Gasteiger charge is 2.33. The molecule has 0 aliphatic carbocycles. The van der Waals surface area contributed by atoms with Crippen molar-refractivity contribution in [2.24, 2.45) is 5.92 Å². The molecule has 2 nitrogen and oxygen atoms in total. The topological polar surface area (TPSA) is 15.3 Å². The molecule has 2 fully saturated rings. The van der Waals surface area contributed by atoms with Crippen LogP contribution in [0.15, 0.2) is 0 Å². The lowest BCUT2D eigenvalue weighted by molar-refractivity contribution is 0.101. The third-order valence-electron chi connectivity index (χ3n) is 2.58. The predicted molar refractivity (Wildman–Crippen MR) is 37.4 cm³/mol. The third-order valence-corrected chi connectivity index (χ3v) is 2.58. The van der Waals surface area contributed by atoms with E-state index in [1.165, 1.54) is 26.1 Å². The highest BCUT2D eigenvalue weighted by atomic mass is 15.2. The molecule has 0 amide bonds. The number of nitrogens with zero attached hydrogens (tertiary/aromatic N) is 1. The largest absolute Gasteiger partial charge is 0.313 e. The molecule has 2 aliphatic rings. The zero-order chi connectivity index (χ0) is 6.27. The Kier molecular flexibility index (Phi) is 1.24. The van der Waals surface area contributed by atoms with Gasteiger partial charge in [0.2, 0.25) is 0 Å². The molecule has 0 aromatic heterocycles. The summed E-state index contributed by atoms with van der Waals surface area (Å²) >= 11 is 0. The van der Waals surface area contributed by atoms with Gasteiger partial charge in [-0.05, 0) is 25.9 Å². The van der Waals surface area contributed by atoms with Crippen molar-refractivity contribution in [3.63, 3.8) is 0 Å². The second-order valence-electron chi connectivity index (χ2n) is 3.33. The highest BCUT2D eigenvalue weighted by molar-refractivity contribution is 4.93. The van der Waals surface area contributed by atoms with Crippen LogP contribution < -0.4 is 5.32 Å². The summed E-state index contributed by atoms with van der Waals surface area (Å²) in [6.45, 7) is 3.86. The Morgan fingerprint density at radius 3 is 2.89 bits per heavy atom. The first-order valence-corrected chi connectivity index (χ1v) is 3.78. The van der Waals surface area contributed by atoms with E-state index in [1.54, 1.807) is 0 Å². The average Bonchev–Trinajstić information content (AvgIpc) is 1.78. The molecular formula is C7H14N2. The van der Waals surface area contributed by atoms with Crippen LogP contribution in [0.2, 0.25) is 0 Å². The lowest BCUT2D eigenvalue weighted by atomic mass is 9.86. The molecule has 2 rings (SSSR count). The second-order valence-corrected chi connectivity index (χ2v) is 3.33. The van der Waals surface area contributed by atoms with Crippen LogP contribution in [-0.4, -0.2) is 37.6 Å². The van der Waals surface area contributed by atoms with Gasteiger partial charge in [-0.2, -0.15) is 0 Å². The summed E-state index contributed by atoms with van der Waals surface area (Å²) in [5, 5.41) is 3.44. The minimum atomic E-state index is 0.876. The summed E-state index contributed by atoms with van der Waals surface area (Å²) in [7, 11) is 2.22. The monoisotopic (exact) mass is 126 g/mol. The third kappa shape index (κ3) is 0.864. The van der Waals surface area contributed by atoms with Crippen LogP contribution in [0.3, 0.4) is 0 Å². The lowest BCUT2D eigenvalue weighted by Crippen LogP contribution is -2.60. The Hall–Kier alpha value is -0.0800. The number of rotatable bonds is 0. The van der Waals surface area contributed by atoms with E-state index in [1.807, 2.05) is 0 Å². The summed E-state index contributed by atoms with van der Waals surface area (Å²) in [5.41, 5.74) is 0. The van der Waals surface area contributed by atoms with Crippen molar-refractivity contribution < 1.29 is 0 Å². The highest BCUT2D eigenvalue weighted by Crippen LogP contribution is 2.21. The average molecular weight is 126 g/mol. The van der Waals surface area contributed by atoms with Gasteiger partial charge in [-0.1, -0.05) is 0 Å². The Morgan fingerprint density at radius 2 is 2.44 bits per heavy atom. The predicted octanol–water partition coefficient (Wildman–Crippen LogP) is -0.0901. The Morgan fingerprint density at radius 1 is 1.56 bits per heavy atom. The van der Waals surface area contributed by atoms with Crippen LogP contribution in [0.4, 0.5) is 0 Å². The van der Waals surface area contributed by atoms with Crippen LogP contribution in [0, 0.1) is 5.92 Å². The van der Waals surface area contributed by atoms with E-state index in [2.05, 4.69) is 17.3 Å². The van der Waals surface area contributed by atoms with Gasteiger partial charge < -0.3 is 10.2 Å². The van der Waals surface area contributed by atoms with Gasteiger partial charge in [0.15, 0.2) is 0 Å². The maximum Gasteiger partial charge on any atom is 0.0132 e. The zero-order valence-electron chi connectivity index (χ0n) is 5.93. The Balaban J connectivity index is 1.92. The molecule has 2 unspecified atom stereocenters. The minimum absolute atomic E-state index is 0.876. The molecule has 9 heavy (non-hydrogen) atoms. The number of fused-ring (bicyclic) bond motifs is 1. The van der Waals surface area contributed by atoms with Crippen molar-refractivity contribution in [1.82, 2.24) is 10.2 Å². The van der Waals surface area contributed by atoms with E-state index in [-0.39, 0.29) is 0 Å². The molecule has 2 heterocycles. The number of nitrogens with one attached hydrogen (secondary N) is 1. The van der Waals surface area contributed by atoms with Crippen LogP contribution in [-0.2, 0) is 0 Å². The van der Waals surface area contributed by atoms with Crippen molar-refractivity contribution in [1.29, 1.82) is 0 Å². The normalized spacial score (nSPS) is 43.7. The molecule has 1 N–H and O–H groups in total. The molecule has 0 spiro atoms.